The van der Waals surface area contributed by atoms with Crippen LogP contribution in [0.4, 0.5) is 10.1 Å². The largest absolute Gasteiger partial charge is 0.489 e. The highest BCUT2D eigenvalue weighted by molar-refractivity contribution is 7.09. The van der Waals surface area contributed by atoms with E-state index >= 15 is 0 Å². The van der Waals surface area contributed by atoms with Gasteiger partial charge in [0.2, 0.25) is 5.91 Å². The summed E-state index contributed by atoms with van der Waals surface area (Å²) in [5.74, 6) is -0.403. The molecule has 2 aliphatic rings. The third-order valence-electron chi connectivity index (χ3n) is 11.6. The Morgan fingerprint density at radius 2 is 1.58 bits per heavy atom. The smallest absolute Gasteiger partial charge is 0.233 e. The molecule has 3 heterocycles. The molecule has 310 valence electrons. The minimum atomic E-state index is -1.51. The van der Waals surface area contributed by atoms with Crippen molar-refractivity contribution in [2.45, 2.75) is 75.0 Å². The second kappa shape index (κ2) is 18.5. The number of benzene rings is 5. The highest BCUT2D eigenvalue weighted by Gasteiger charge is 2.50. The summed E-state index contributed by atoms with van der Waals surface area (Å²) < 4.78 is 26.2. The zero-order valence-electron chi connectivity index (χ0n) is 32.7. The van der Waals surface area contributed by atoms with Gasteiger partial charge < -0.3 is 39.9 Å². The highest BCUT2D eigenvalue weighted by atomic mass is 32.1. The Balaban J connectivity index is 1.13. The van der Waals surface area contributed by atoms with Crippen LogP contribution in [0.1, 0.15) is 63.8 Å². The molecule has 6 aromatic rings. The maximum atomic E-state index is 14.3. The molecule has 0 radical (unpaired) electrons. The van der Waals surface area contributed by atoms with E-state index in [1.54, 1.807) is 40.5 Å². The number of carbonyl (C=O) groups excluding carboxylic acids is 1. The van der Waals surface area contributed by atoms with E-state index in [1.165, 1.54) is 17.0 Å². The van der Waals surface area contributed by atoms with Crippen molar-refractivity contribution in [1.29, 1.82) is 0 Å². The lowest BCUT2D eigenvalue weighted by molar-refractivity contribution is -0.231. The van der Waals surface area contributed by atoms with Crippen molar-refractivity contribution in [3.63, 3.8) is 0 Å². The number of aliphatic hydroxyl groups excluding tert-OH is 5. The first-order valence-electron chi connectivity index (χ1n) is 20.1. The number of amides is 1. The number of anilines is 1. The molecule has 0 aliphatic carbocycles. The van der Waals surface area contributed by atoms with Gasteiger partial charge in [0.1, 0.15) is 48.7 Å². The average molecular weight is 831 g/mol. The van der Waals surface area contributed by atoms with Crippen LogP contribution in [-0.4, -0.2) is 67.4 Å². The van der Waals surface area contributed by atoms with Crippen molar-refractivity contribution >= 4 is 22.9 Å². The Hall–Kier alpha value is -5.31. The first-order valence-corrected chi connectivity index (χ1v) is 21.0. The van der Waals surface area contributed by atoms with Gasteiger partial charge in [-0.2, -0.15) is 0 Å². The molecule has 2 fully saturated rings. The second-order valence-corrected chi connectivity index (χ2v) is 16.4. The van der Waals surface area contributed by atoms with Crippen molar-refractivity contribution in [1.82, 2.24) is 4.98 Å². The van der Waals surface area contributed by atoms with E-state index in [2.05, 4.69) is 4.98 Å². The van der Waals surface area contributed by atoms with E-state index < -0.39 is 61.0 Å². The Kier molecular flexibility index (Phi) is 12.8. The maximum Gasteiger partial charge on any atom is 0.233 e. The summed E-state index contributed by atoms with van der Waals surface area (Å²) >= 11 is 1.63. The normalized spacial score (nSPS) is 23.3. The van der Waals surface area contributed by atoms with E-state index in [4.69, 9.17) is 9.47 Å². The standard InChI is InChI=1S/C48H47FN2O8S/c49-35-15-12-31(13-16-35)40(53)22-21-39-43(51(48(39)57)36-17-9-29(10-18-36)11-19-37-25-50-28-60-37)38-20-14-33(24-41(38)58-27-30-5-2-1-3-6-30)32-7-4-8-34(23-32)47-46(56)45(55)44(54)42(26-52)59-47/h1-10,12-18,20,23-25,28,39-40,42-47,52-56H,11,19,21-22,26-27H2/t39-,40+,42-,43-,44-,45+,46-,47?/m1/s1. The SMILES string of the molecule is O=C1[C@H](CC[C@H](O)c2ccc(F)cc2)[C@@H](c2ccc(-c3cccc(C4O[C@H](CO)[C@@H](O)[C@H](O)[C@H]4O)c3)cc2OCc2ccccc2)N1c1ccc(CCc2cncs2)cc1. The zero-order chi connectivity index (χ0) is 41.8. The molecule has 8 rings (SSSR count). The summed E-state index contributed by atoms with van der Waals surface area (Å²) in [4.78, 5) is 21.4. The topological polar surface area (TPSA) is 153 Å². The number of nitrogens with zero attached hydrogens (tertiary/aromatic N) is 2. The monoisotopic (exact) mass is 830 g/mol. The Labute approximate surface area is 351 Å². The van der Waals surface area contributed by atoms with E-state index in [1.807, 2.05) is 96.6 Å². The maximum absolute atomic E-state index is 14.3. The van der Waals surface area contributed by atoms with Crippen LogP contribution in [0.2, 0.25) is 0 Å². The summed E-state index contributed by atoms with van der Waals surface area (Å²) in [6.07, 6.45) is -3.13. The summed E-state index contributed by atoms with van der Waals surface area (Å²) in [5, 5.41) is 52.7. The van der Waals surface area contributed by atoms with Crippen LogP contribution in [0.3, 0.4) is 0 Å². The Morgan fingerprint density at radius 1 is 0.817 bits per heavy atom. The zero-order valence-corrected chi connectivity index (χ0v) is 33.5. The molecule has 8 atom stereocenters. The van der Waals surface area contributed by atoms with Gasteiger partial charge >= 0.3 is 0 Å². The minimum Gasteiger partial charge on any atom is -0.489 e. The molecule has 12 heteroatoms. The first-order chi connectivity index (χ1) is 29.2. The van der Waals surface area contributed by atoms with Crippen LogP contribution in [0, 0.1) is 11.7 Å². The lowest BCUT2D eigenvalue weighted by atomic mass is 9.77. The van der Waals surface area contributed by atoms with Gasteiger partial charge in [-0.1, -0.05) is 84.9 Å². The van der Waals surface area contributed by atoms with E-state index in [0.717, 1.165) is 46.3 Å². The summed E-state index contributed by atoms with van der Waals surface area (Å²) in [6, 6.07) is 36.2. The minimum absolute atomic E-state index is 0.0750. The fourth-order valence-corrected chi connectivity index (χ4v) is 8.81. The first kappa shape index (κ1) is 41.4. The van der Waals surface area contributed by atoms with Crippen LogP contribution in [-0.2, 0) is 29.0 Å². The van der Waals surface area contributed by atoms with Crippen molar-refractivity contribution in [3.05, 3.63) is 172 Å². The Bertz CT molecular complexity index is 2350. The van der Waals surface area contributed by atoms with Gasteiger partial charge in [0.15, 0.2) is 0 Å². The van der Waals surface area contributed by atoms with E-state index in [-0.39, 0.29) is 18.9 Å². The summed E-state index contributed by atoms with van der Waals surface area (Å²) in [5.41, 5.74) is 8.11. The van der Waals surface area contributed by atoms with Crippen LogP contribution in [0.25, 0.3) is 11.1 Å². The third kappa shape index (κ3) is 8.91. The molecule has 1 amide bonds. The molecule has 0 saturated carbocycles. The average Bonchev–Trinajstić information content (AvgIpc) is 3.81. The molecular weight excluding hydrogens is 784 g/mol. The molecule has 0 spiro atoms. The number of aromatic nitrogens is 1. The third-order valence-corrected chi connectivity index (χ3v) is 12.4. The van der Waals surface area contributed by atoms with Crippen LogP contribution >= 0.6 is 11.3 Å². The number of carbonyl (C=O) groups is 1. The molecule has 1 aromatic heterocycles. The van der Waals surface area contributed by atoms with Crippen molar-refractivity contribution < 1.29 is 44.2 Å². The molecule has 2 saturated heterocycles. The number of rotatable bonds is 15. The number of thiazole rings is 1. The summed E-state index contributed by atoms with van der Waals surface area (Å²) in [6.45, 7) is -0.277. The van der Waals surface area contributed by atoms with Crippen molar-refractivity contribution in [3.8, 4) is 16.9 Å². The number of hydrogen-bond donors (Lipinski definition) is 5. The lowest BCUT2D eigenvalue weighted by Gasteiger charge is -2.48. The number of hydrogen-bond acceptors (Lipinski definition) is 10. The van der Waals surface area contributed by atoms with Gasteiger partial charge in [-0.05, 0) is 95.5 Å². The Morgan fingerprint density at radius 3 is 2.32 bits per heavy atom. The lowest BCUT2D eigenvalue weighted by Crippen LogP contribution is -2.55. The molecule has 5 aromatic carbocycles. The van der Waals surface area contributed by atoms with Crippen LogP contribution < -0.4 is 9.64 Å². The van der Waals surface area contributed by atoms with Gasteiger partial charge in [-0.25, -0.2) is 4.39 Å². The van der Waals surface area contributed by atoms with Gasteiger partial charge in [0, 0.05) is 22.3 Å². The number of aliphatic hydroxyl groups is 5. The van der Waals surface area contributed by atoms with Crippen molar-refractivity contribution in [2.75, 3.05) is 11.5 Å². The van der Waals surface area contributed by atoms with Gasteiger partial charge in [-0.15, -0.1) is 11.3 Å². The fraction of sp³-hybridized carbons (Fsp3) is 0.292. The predicted octanol–water partition coefficient (Wildman–Crippen LogP) is 7.05. The van der Waals surface area contributed by atoms with Crippen molar-refractivity contribution in [2.24, 2.45) is 5.92 Å². The molecule has 10 nitrogen and oxygen atoms in total. The summed E-state index contributed by atoms with van der Waals surface area (Å²) in [7, 11) is 0. The molecule has 2 aliphatic heterocycles. The molecule has 5 N–H and O–H groups in total. The molecule has 0 bridgehead atoms. The predicted molar refractivity (Wildman–Crippen MR) is 226 cm³/mol. The number of halogens is 1. The number of β-lactam (4-membered cyclic amide) rings is 1. The van der Waals surface area contributed by atoms with E-state index in [9.17, 15) is 34.7 Å². The molecule has 1 unspecified atom stereocenters. The highest BCUT2D eigenvalue weighted by Crippen LogP contribution is 2.50. The van der Waals surface area contributed by atoms with Gasteiger partial charge in [0.25, 0.3) is 0 Å². The van der Waals surface area contributed by atoms with Crippen LogP contribution in [0.15, 0.2) is 133 Å². The fourth-order valence-electron chi connectivity index (χ4n) is 8.21. The van der Waals surface area contributed by atoms with Gasteiger partial charge in [-0.3, -0.25) is 9.78 Å². The van der Waals surface area contributed by atoms with Crippen LogP contribution in [0.5, 0.6) is 5.75 Å². The second-order valence-electron chi connectivity index (χ2n) is 15.4. The number of aryl methyl sites for hydroxylation is 2. The quantitative estimate of drug-likeness (QED) is 0.0686. The molecule has 60 heavy (non-hydrogen) atoms. The number of ether oxygens (including phenoxy) is 2. The van der Waals surface area contributed by atoms with Gasteiger partial charge in [0.05, 0.1) is 30.2 Å². The van der Waals surface area contributed by atoms with E-state index in [0.29, 0.717) is 23.3 Å². The molecular formula is C48H47FN2O8S.